The van der Waals surface area contributed by atoms with Crippen molar-refractivity contribution in [2.45, 2.75) is 13.2 Å². The molecule has 0 aliphatic heterocycles. The van der Waals surface area contributed by atoms with Gasteiger partial charge in [0, 0.05) is 21.2 Å². The molecule has 8 heteroatoms. The van der Waals surface area contributed by atoms with Crippen molar-refractivity contribution in [1.82, 2.24) is 5.43 Å². The van der Waals surface area contributed by atoms with Crippen LogP contribution in [0.25, 0.3) is 0 Å². The van der Waals surface area contributed by atoms with Gasteiger partial charge >= 0.3 is 0 Å². The summed E-state index contributed by atoms with van der Waals surface area (Å²) >= 11 is 15.7. The molecule has 5 nitrogen and oxygen atoms in total. The lowest BCUT2D eigenvalue weighted by Gasteiger charge is -2.14. The third-order valence-corrected chi connectivity index (χ3v) is 5.58. The van der Waals surface area contributed by atoms with E-state index in [0.717, 1.165) is 26.9 Å². The van der Waals surface area contributed by atoms with Gasteiger partial charge in [-0.1, -0.05) is 47.5 Å². The van der Waals surface area contributed by atoms with Crippen molar-refractivity contribution in [3.05, 3.63) is 85.8 Å². The Bertz CT molecular complexity index is 1080. The molecule has 0 saturated carbocycles. The predicted octanol–water partition coefficient (Wildman–Crippen LogP) is 6.48. The van der Waals surface area contributed by atoms with Crippen LogP contribution in [0.15, 0.2) is 64.2 Å². The molecule has 1 N–H and O–H groups in total. The van der Waals surface area contributed by atoms with Crippen LogP contribution in [0.5, 0.6) is 17.2 Å². The molecule has 0 bridgehead atoms. The molecule has 0 spiro atoms. The summed E-state index contributed by atoms with van der Waals surface area (Å²) < 4.78 is 17.5. The van der Waals surface area contributed by atoms with Crippen LogP contribution >= 0.6 is 39.1 Å². The van der Waals surface area contributed by atoms with Gasteiger partial charge in [0.15, 0.2) is 11.5 Å². The maximum atomic E-state index is 6.23. The fourth-order valence-electron chi connectivity index (χ4n) is 2.84. The van der Waals surface area contributed by atoms with Gasteiger partial charge < -0.3 is 19.6 Å². The summed E-state index contributed by atoms with van der Waals surface area (Å²) in [6.45, 7) is 0.820. The normalized spacial score (nSPS) is 10.9. The molecule has 0 radical (unpaired) electrons. The standard InChI is InChI=1S/C23H21BrCl2N2O3/c1-29-21-6-4-3-5-16(21)13-28-27-12-15-9-19(24)23(22(10-15)30-2)31-14-17-7-8-18(25)11-20(17)26/h3-12,28H,13-14H2,1-2H3/b27-12+. The maximum Gasteiger partial charge on any atom is 0.175 e. The number of methoxy groups -OCH3 is 2. The van der Waals surface area contributed by atoms with Gasteiger partial charge in [-0.25, -0.2) is 0 Å². The second-order valence-corrected chi connectivity index (χ2v) is 8.16. The summed E-state index contributed by atoms with van der Waals surface area (Å²) in [7, 11) is 3.24. The Balaban J connectivity index is 1.67. The topological polar surface area (TPSA) is 52.1 Å². The zero-order chi connectivity index (χ0) is 22.2. The van der Waals surface area contributed by atoms with Gasteiger partial charge in [0.2, 0.25) is 0 Å². The summed E-state index contributed by atoms with van der Waals surface area (Å²) in [5.41, 5.74) is 5.72. The molecule has 31 heavy (non-hydrogen) atoms. The minimum atomic E-state index is 0.277. The number of nitrogens with zero attached hydrogens (tertiary/aromatic N) is 1. The molecule has 0 aliphatic rings. The zero-order valence-electron chi connectivity index (χ0n) is 17.0. The van der Waals surface area contributed by atoms with E-state index in [1.54, 1.807) is 32.6 Å². The van der Waals surface area contributed by atoms with Crippen LogP contribution in [-0.2, 0) is 13.2 Å². The van der Waals surface area contributed by atoms with Crippen molar-refractivity contribution >= 4 is 45.3 Å². The molecule has 162 valence electrons. The minimum absolute atomic E-state index is 0.277. The monoisotopic (exact) mass is 522 g/mol. The van der Waals surface area contributed by atoms with Gasteiger partial charge in [0.1, 0.15) is 12.4 Å². The SMILES string of the molecule is COc1ccccc1CN/N=C/c1cc(Br)c(OCc2ccc(Cl)cc2Cl)c(OC)c1. The van der Waals surface area contributed by atoms with E-state index >= 15 is 0 Å². The number of nitrogens with one attached hydrogen (secondary N) is 1. The predicted molar refractivity (Wildman–Crippen MR) is 129 cm³/mol. The first-order chi connectivity index (χ1) is 15.0. The lowest BCUT2D eigenvalue weighted by molar-refractivity contribution is 0.282. The highest BCUT2D eigenvalue weighted by atomic mass is 79.9. The Morgan fingerprint density at radius 3 is 2.48 bits per heavy atom. The van der Waals surface area contributed by atoms with E-state index in [-0.39, 0.29) is 6.61 Å². The van der Waals surface area contributed by atoms with E-state index in [1.165, 1.54) is 0 Å². The third kappa shape index (κ3) is 6.29. The minimum Gasteiger partial charge on any atom is -0.496 e. The molecule has 0 fully saturated rings. The van der Waals surface area contributed by atoms with E-state index in [9.17, 15) is 0 Å². The molecule has 0 heterocycles. The van der Waals surface area contributed by atoms with E-state index in [4.69, 9.17) is 37.4 Å². The van der Waals surface area contributed by atoms with Gasteiger partial charge in [-0.2, -0.15) is 5.10 Å². The Kier molecular flexibility index (Phi) is 8.46. The molecule has 3 aromatic rings. The number of ether oxygens (including phenoxy) is 3. The summed E-state index contributed by atoms with van der Waals surface area (Å²) in [4.78, 5) is 0. The Morgan fingerprint density at radius 1 is 0.968 bits per heavy atom. The Morgan fingerprint density at radius 2 is 1.74 bits per heavy atom. The van der Waals surface area contributed by atoms with Crippen molar-refractivity contribution in [3.63, 3.8) is 0 Å². The number of hydrogen-bond donors (Lipinski definition) is 1. The van der Waals surface area contributed by atoms with E-state index in [2.05, 4.69) is 26.5 Å². The largest absolute Gasteiger partial charge is 0.496 e. The van der Waals surface area contributed by atoms with Crippen LogP contribution in [0.1, 0.15) is 16.7 Å². The van der Waals surface area contributed by atoms with Crippen molar-refractivity contribution in [1.29, 1.82) is 0 Å². The average molecular weight is 524 g/mol. The molecule has 0 unspecified atom stereocenters. The number of halogens is 3. The Hall–Kier alpha value is -2.41. The summed E-state index contributed by atoms with van der Waals surface area (Å²) in [5, 5.41) is 5.42. The highest BCUT2D eigenvalue weighted by molar-refractivity contribution is 9.10. The first-order valence-corrected chi connectivity index (χ1v) is 10.9. The number of rotatable bonds is 9. The molecular formula is C23H21BrCl2N2O3. The van der Waals surface area contributed by atoms with Crippen molar-refractivity contribution in [3.8, 4) is 17.2 Å². The van der Waals surface area contributed by atoms with Crippen LogP contribution in [0, 0.1) is 0 Å². The van der Waals surface area contributed by atoms with Crippen molar-refractivity contribution in [2.75, 3.05) is 14.2 Å². The fraction of sp³-hybridized carbons (Fsp3) is 0.174. The van der Waals surface area contributed by atoms with Crippen LogP contribution in [0.4, 0.5) is 0 Å². The molecule has 3 aromatic carbocycles. The van der Waals surface area contributed by atoms with E-state index in [1.807, 2.05) is 42.5 Å². The summed E-state index contributed by atoms with van der Waals surface area (Å²) in [6, 6.07) is 16.8. The molecule has 0 atom stereocenters. The van der Waals surface area contributed by atoms with Gasteiger partial charge in [-0.15, -0.1) is 0 Å². The third-order valence-electron chi connectivity index (χ3n) is 4.41. The highest BCUT2D eigenvalue weighted by Crippen LogP contribution is 2.37. The molecular weight excluding hydrogens is 503 g/mol. The van der Waals surface area contributed by atoms with Gasteiger partial charge in [-0.3, -0.25) is 0 Å². The van der Waals surface area contributed by atoms with Crippen molar-refractivity contribution in [2.24, 2.45) is 5.10 Å². The van der Waals surface area contributed by atoms with Gasteiger partial charge in [0.25, 0.3) is 0 Å². The van der Waals surface area contributed by atoms with Crippen LogP contribution in [0.3, 0.4) is 0 Å². The summed E-state index contributed by atoms with van der Waals surface area (Å²) in [6.07, 6.45) is 1.71. The van der Waals surface area contributed by atoms with Gasteiger partial charge in [0.05, 0.1) is 31.5 Å². The lowest BCUT2D eigenvalue weighted by Crippen LogP contribution is -2.07. The number of hydrogen-bond acceptors (Lipinski definition) is 5. The smallest absolute Gasteiger partial charge is 0.175 e. The Labute approximate surface area is 200 Å². The van der Waals surface area contributed by atoms with Crippen LogP contribution in [0.2, 0.25) is 10.0 Å². The molecule has 0 amide bonds. The molecule has 0 aliphatic carbocycles. The lowest BCUT2D eigenvalue weighted by atomic mass is 10.2. The highest BCUT2D eigenvalue weighted by Gasteiger charge is 2.12. The molecule has 3 rings (SSSR count). The molecule has 0 aromatic heterocycles. The van der Waals surface area contributed by atoms with Crippen LogP contribution < -0.4 is 19.6 Å². The molecule has 0 saturated heterocycles. The fourth-order valence-corrected chi connectivity index (χ4v) is 3.88. The number of para-hydroxylation sites is 1. The second kappa shape index (κ2) is 11.3. The van der Waals surface area contributed by atoms with E-state index < -0.39 is 0 Å². The first kappa shape index (κ1) is 23.3. The average Bonchev–Trinajstić information content (AvgIpc) is 2.77. The number of hydrazone groups is 1. The van der Waals surface area contributed by atoms with Gasteiger partial charge in [-0.05, 0) is 51.8 Å². The van der Waals surface area contributed by atoms with Crippen LogP contribution in [-0.4, -0.2) is 20.4 Å². The number of benzene rings is 3. The second-order valence-electron chi connectivity index (χ2n) is 6.46. The first-order valence-electron chi connectivity index (χ1n) is 9.34. The maximum absolute atomic E-state index is 6.23. The van der Waals surface area contributed by atoms with E-state index in [0.29, 0.717) is 28.1 Å². The zero-order valence-corrected chi connectivity index (χ0v) is 20.1. The quantitative estimate of drug-likeness (QED) is 0.258. The van der Waals surface area contributed by atoms with Crippen molar-refractivity contribution < 1.29 is 14.2 Å². The summed E-state index contributed by atoms with van der Waals surface area (Å²) in [5.74, 6) is 1.97.